The zero-order valence-electron chi connectivity index (χ0n) is 12.6. The van der Waals surface area contributed by atoms with Gasteiger partial charge in [0.15, 0.2) is 0 Å². The number of ketones is 1. The van der Waals surface area contributed by atoms with E-state index in [1.807, 2.05) is 0 Å². The summed E-state index contributed by atoms with van der Waals surface area (Å²) < 4.78 is 6.62. The lowest BCUT2D eigenvalue weighted by Crippen LogP contribution is -2.18. The summed E-state index contributed by atoms with van der Waals surface area (Å²) >= 11 is 5.87. The molecule has 0 N–H and O–H groups in total. The molecular weight excluding hydrogens is 330 g/mol. The third-order valence-electron chi connectivity index (χ3n) is 3.15. The van der Waals surface area contributed by atoms with Gasteiger partial charge in [0, 0.05) is 17.5 Å². The van der Waals surface area contributed by atoms with E-state index in [1.165, 1.54) is 11.6 Å². The largest absolute Gasteiger partial charge is 0.400 e. The number of carbonyl (C=O) groups is 2. The maximum atomic E-state index is 12.3. The maximum absolute atomic E-state index is 12.3. The molecule has 0 atom stereocenters. The molecule has 0 radical (unpaired) electrons. The molecule has 0 unspecified atom stereocenters. The van der Waals surface area contributed by atoms with Crippen molar-refractivity contribution in [3.8, 4) is 5.69 Å². The number of hydrogen-bond acceptors (Lipinski definition) is 4. The van der Waals surface area contributed by atoms with Crippen molar-refractivity contribution in [2.75, 3.05) is 0 Å². The molecule has 0 bridgehead atoms. The normalized spacial score (nSPS) is 11.5. The highest BCUT2D eigenvalue weighted by Gasteiger charge is 2.14. The van der Waals surface area contributed by atoms with Gasteiger partial charge in [-0.3, -0.25) is 9.59 Å². The number of benzene rings is 2. The number of halogens is 1. The van der Waals surface area contributed by atoms with E-state index in [0.717, 1.165) is 0 Å². The van der Waals surface area contributed by atoms with Crippen LogP contribution in [0.5, 0.6) is 0 Å². The zero-order valence-corrected chi connectivity index (χ0v) is 13.4. The predicted octanol–water partition coefficient (Wildman–Crippen LogP) is 3.06. The lowest BCUT2D eigenvalue weighted by molar-refractivity contribution is 0.0965. The van der Waals surface area contributed by atoms with E-state index in [-0.39, 0.29) is 17.4 Å². The van der Waals surface area contributed by atoms with E-state index in [1.54, 1.807) is 54.6 Å². The second kappa shape index (κ2) is 6.64. The van der Waals surface area contributed by atoms with Crippen LogP contribution < -0.4 is 5.68 Å². The smallest absolute Gasteiger partial charge is 0.328 e. The van der Waals surface area contributed by atoms with E-state index < -0.39 is 5.91 Å². The average molecular weight is 342 g/mol. The van der Waals surface area contributed by atoms with E-state index in [4.69, 9.17) is 16.0 Å². The molecule has 3 aromatic rings. The summed E-state index contributed by atoms with van der Waals surface area (Å²) in [6.45, 7) is 1.32. The second-order valence-corrected chi connectivity index (χ2v) is 5.35. The number of hydrogen-bond donors (Lipinski definition) is 0. The van der Waals surface area contributed by atoms with Crippen LogP contribution in [-0.4, -0.2) is 21.5 Å². The lowest BCUT2D eigenvalue weighted by atomic mass is 10.2. The summed E-state index contributed by atoms with van der Waals surface area (Å²) in [5, 5.41) is 4.62. The Morgan fingerprint density at radius 1 is 1.08 bits per heavy atom. The number of amides is 1. The van der Waals surface area contributed by atoms with Crippen LogP contribution in [0.25, 0.3) is 5.69 Å². The number of carbonyl (C=O) groups excluding carboxylic acids is 2. The van der Waals surface area contributed by atoms with Crippen molar-refractivity contribution in [1.29, 1.82) is 0 Å². The fourth-order valence-corrected chi connectivity index (χ4v) is 2.10. The standard InChI is InChI=1S/C17H12ClN3O3/c1-11(22)16-20-21(14-9-7-13(18)8-10-14)17(24-16)19-15(23)12-5-3-2-4-6-12/h2-10H,1H3. The van der Waals surface area contributed by atoms with Gasteiger partial charge in [-0.25, -0.2) is 0 Å². The van der Waals surface area contributed by atoms with Crippen molar-refractivity contribution >= 4 is 23.3 Å². The number of rotatable bonds is 3. The highest BCUT2D eigenvalue weighted by Crippen LogP contribution is 2.12. The fraction of sp³-hybridized carbons (Fsp3) is 0.0588. The molecule has 3 rings (SSSR count). The number of Topliss-reactive ketones (excluding diaryl/α,β-unsaturated/α-hetero) is 1. The number of aromatic nitrogens is 2. The Bertz CT molecular complexity index is 957. The van der Waals surface area contributed by atoms with Crippen LogP contribution in [0.15, 0.2) is 64.0 Å². The molecule has 24 heavy (non-hydrogen) atoms. The molecule has 0 aliphatic carbocycles. The molecule has 0 spiro atoms. The first-order chi connectivity index (χ1) is 11.5. The molecule has 1 aromatic heterocycles. The highest BCUT2D eigenvalue weighted by atomic mass is 35.5. The molecule has 0 aliphatic rings. The van der Waals surface area contributed by atoms with Crippen molar-refractivity contribution in [3.63, 3.8) is 0 Å². The molecule has 1 amide bonds. The minimum absolute atomic E-state index is 0.0867. The Kier molecular flexibility index (Phi) is 4.39. The summed E-state index contributed by atoms with van der Waals surface area (Å²) in [6, 6.07) is 15.2. The van der Waals surface area contributed by atoms with Gasteiger partial charge in [0.1, 0.15) is 0 Å². The molecule has 1 heterocycles. The molecule has 0 saturated carbocycles. The van der Waals surface area contributed by atoms with E-state index >= 15 is 0 Å². The molecular formula is C17H12ClN3O3. The van der Waals surface area contributed by atoms with Gasteiger partial charge in [0.25, 0.3) is 11.8 Å². The first kappa shape index (κ1) is 15.9. The van der Waals surface area contributed by atoms with Crippen molar-refractivity contribution in [2.24, 2.45) is 4.99 Å². The topological polar surface area (TPSA) is 77.5 Å². The zero-order chi connectivity index (χ0) is 17.1. The third-order valence-corrected chi connectivity index (χ3v) is 3.40. The van der Waals surface area contributed by atoms with Gasteiger partial charge >= 0.3 is 5.68 Å². The van der Waals surface area contributed by atoms with Gasteiger partial charge < -0.3 is 4.42 Å². The summed E-state index contributed by atoms with van der Waals surface area (Å²) in [5.41, 5.74) is 0.882. The fourth-order valence-electron chi connectivity index (χ4n) is 1.98. The van der Waals surface area contributed by atoms with E-state index in [9.17, 15) is 9.59 Å². The van der Waals surface area contributed by atoms with Gasteiger partial charge in [-0.2, -0.15) is 9.67 Å². The maximum Gasteiger partial charge on any atom is 0.328 e. The van der Waals surface area contributed by atoms with Crippen LogP contribution in [0.2, 0.25) is 5.02 Å². The van der Waals surface area contributed by atoms with Gasteiger partial charge in [-0.05, 0) is 36.4 Å². The van der Waals surface area contributed by atoms with E-state index in [2.05, 4.69) is 10.1 Å². The van der Waals surface area contributed by atoms with Crippen molar-refractivity contribution < 1.29 is 14.0 Å². The summed E-state index contributed by atoms with van der Waals surface area (Å²) in [7, 11) is 0. The first-order valence-electron chi connectivity index (χ1n) is 7.06. The third kappa shape index (κ3) is 3.33. The molecule has 120 valence electrons. The quantitative estimate of drug-likeness (QED) is 0.686. The van der Waals surface area contributed by atoms with Crippen molar-refractivity contribution in [1.82, 2.24) is 9.78 Å². The Morgan fingerprint density at radius 2 is 1.75 bits per heavy atom. The molecule has 2 aromatic carbocycles. The monoisotopic (exact) mass is 341 g/mol. The van der Waals surface area contributed by atoms with Gasteiger partial charge in [0.2, 0.25) is 5.78 Å². The molecule has 6 nitrogen and oxygen atoms in total. The van der Waals surface area contributed by atoms with E-state index in [0.29, 0.717) is 16.3 Å². The second-order valence-electron chi connectivity index (χ2n) is 4.92. The summed E-state index contributed by atoms with van der Waals surface area (Å²) in [5.74, 6) is -1.000. The van der Waals surface area contributed by atoms with Crippen LogP contribution in [0, 0.1) is 0 Å². The Hall–Kier alpha value is -2.99. The van der Waals surface area contributed by atoms with Crippen LogP contribution >= 0.6 is 11.6 Å². The van der Waals surface area contributed by atoms with Gasteiger partial charge in [-0.1, -0.05) is 29.8 Å². The first-order valence-corrected chi connectivity index (χ1v) is 7.43. The summed E-state index contributed by atoms with van der Waals surface area (Å²) in [6.07, 6.45) is 0. The Morgan fingerprint density at radius 3 is 2.38 bits per heavy atom. The van der Waals surface area contributed by atoms with Gasteiger partial charge in [-0.15, -0.1) is 5.10 Å². The van der Waals surface area contributed by atoms with Crippen molar-refractivity contribution in [2.45, 2.75) is 6.92 Å². The van der Waals surface area contributed by atoms with Crippen LogP contribution in [-0.2, 0) is 0 Å². The summed E-state index contributed by atoms with van der Waals surface area (Å²) in [4.78, 5) is 27.7. The SMILES string of the molecule is CC(=O)c1nn(-c2ccc(Cl)cc2)c(=NC(=O)c2ccccc2)o1. The minimum atomic E-state index is -0.496. The van der Waals surface area contributed by atoms with Crippen LogP contribution in [0.1, 0.15) is 28.0 Å². The van der Waals surface area contributed by atoms with Crippen LogP contribution in [0.3, 0.4) is 0 Å². The van der Waals surface area contributed by atoms with Crippen molar-refractivity contribution in [3.05, 3.63) is 76.8 Å². The molecule has 0 saturated heterocycles. The predicted molar refractivity (Wildman–Crippen MR) is 87.2 cm³/mol. The Balaban J connectivity index is 2.12. The average Bonchev–Trinajstić information content (AvgIpc) is 3.00. The molecule has 7 heteroatoms. The highest BCUT2D eigenvalue weighted by molar-refractivity contribution is 6.30. The Labute approximate surface area is 142 Å². The molecule has 0 aliphatic heterocycles. The molecule has 0 fully saturated rings. The minimum Gasteiger partial charge on any atom is -0.400 e. The van der Waals surface area contributed by atoms with Crippen LogP contribution in [0.4, 0.5) is 0 Å². The number of nitrogens with zero attached hydrogens (tertiary/aromatic N) is 3. The van der Waals surface area contributed by atoms with Gasteiger partial charge in [0.05, 0.1) is 5.69 Å². The lowest BCUT2D eigenvalue weighted by Gasteiger charge is -1.99.